The highest BCUT2D eigenvalue weighted by Crippen LogP contribution is 2.23. The molecule has 1 aliphatic rings. The summed E-state index contributed by atoms with van der Waals surface area (Å²) in [6.45, 7) is 0. The third-order valence-corrected chi connectivity index (χ3v) is 2.86. The molecule has 0 radical (unpaired) electrons. The minimum Gasteiger partial charge on any atom is -0.307 e. The molecule has 0 bridgehead atoms. The van der Waals surface area contributed by atoms with Crippen LogP contribution in [0.25, 0.3) is 0 Å². The number of nitrogens with two attached hydrogens (primary N) is 1. The van der Waals surface area contributed by atoms with Gasteiger partial charge in [-0.25, -0.2) is 5.84 Å². The lowest BCUT2D eigenvalue weighted by Gasteiger charge is -2.13. The zero-order valence-electron chi connectivity index (χ0n) is 6.58. The minimum absolute atomic E-state index is 0.649. The molecule has 2 heterocycles. The van der Waals surface area contributed by atoms with E-state index in [-0.39, 0.29) is 0 Å². The Kier molecular flexibility index (Phi) is 2.14. The zero-order valence-corrected chi connectivity index (χ0v) is 7.40. The lowest BCUT2D eigenvalue weighted by atomic mass is 10.2. The van der Waals surface area contributed by atoms with Gasteiger partial charge in [-0.3, -0.25) is 0 Å². The molecule has 2 rings (SSSR count). The van der Waals surface area contributed by atoms with Crippen LogP contribution in [0.4, 0.5) is 5.82 Å². The molecular weight excluding hydrogens is 172 g/mol. The number of anilines is 1. The first-order chi connectivity index (χ1) is 5.90. The van der Waals surface area contributed by atoms with Gasteiger partial charge in [0.25, 0.3) is 0 Å². The van der Waals surface area contributed by atoms with Crippen molar-refractivity contribution in [1.82, 2.24) is 10.2 Å². The Bertz CT molecular complexity index is 289. The fraction of sp³-hybridized carbons (Fsp3) is 0.429. The molecule has 1 aromatic rings. The Labute approximate surface area is 74.9 Å². The Morgan fingerprint density at radius 2 is 2.42 bits per heavy atom. The van der Waals surface area contributed by atoms with Gasteiger partial charge in [0.2, 0.25) is 0 Å². The predicted molar refractivity (Wildman–Crippen MR) is 49.7 cm³/mol. The molecule has 0 aromatic carbocycles. The molecule has 0 spiro atoms. The molecule has 0 saturated heterocycles. The molecular formula is C7H10N4S. The van der Waals surface area contributed by atoms with Crippen LogP contribution in [0.3, 0.4) is 0 Å². The van der Waals surface area contributed by atoms with Crippen LogP contribution in [0.15, 0.2) is 6.07 Å². The van der Waals surface area contributed by atoms with Crippen LogP contribution in [0.2, 0.25) is 0 Å². The molecule has 4 nitrogen and oxygen atoms in total. The summed E-state index contributed by atoms with van der Waals surface area (Å²) in [6, 6.07) is 1.97. The van der Waals surface area contributed by atoms with Gasteiger partial charge in [0.1, 0.15) is 0 Å². The van der Waals surface area contributed by atoms with Gasteiger partial charge in [-0.05, 0) is 17.4 Å². The Balaban J connectivity index is 2.36. The van der Waals surface area contributed by atoms with E-state index in [2.05, 4.69) is 15.6 Å². The zero-order chi connectivity index (χ0) is 8.39. The first-order valence-electron chi connectivity index (χ1n) is 3.80. The largest absolute Gasteiger partial charge is 0.307 e. The second-order valence-corrected chi connectivity index (χ2v) is 3.75. The van der Waals surface area contributed by atoms with Gasteiger partial charge in [0.15, 0.2) is 5.82 Å². The van der Waals surface area contributed by atoms with Crippen LogP contribution in [0.5, 0.6) is 0 Å². The maximum atomic E-state index is 5.22. The second kappa shape index (κ2) is 3.28. The van der Waals surface area contributed by atoms with Gasteiger partial charge in [0, 0.05) is 12.2 Å². The summed E-state index contributed by atoms with van der Waals surface area (Å²) >= 11 is 1.92. The van der Waals surface area contributed by atoms with Gasteiger partial charge < -0.3 is 5.43 Å². The van der Waals surface area contributed by atoms with E-state index in [1.807, 2.05) is 17.8 Å². The highest BCUT2D eigenvalue weighted by molar-refractivity contribution is 7.98. The molecule has 64 valence electrons. The van der Waals surface area contributed by atoms with Gasteiger partial charge in [-0.2, -0.15) is 16.9 Å². The minimum atomic E-state index is 0.649. The molecule has 5 heteroatoms. The normalized spacial score (nSPS) is 15.4. The van der Waals surface area contributed by atoms with E-state index in [1.165, 1.54) is 5.56 Å². The highest BCUT2D eigenvalue weighted by Gasteiger charge is 2.11. The lowest BCUT2D eigenvalue weighted by Crippen LogP contribution is -2.13. The molecule has 0 atom stereocenters. The van der Waals surface area contributed by atoms with Crippen LogP contribution in [0.1, 0.15) is 11.3 Å². The van der Waals surface area contributed by atoms with E-state index < -0.39 is 0 Å². The standard InChI is InChI=1S/C7H10N4S/c8-9-7-3-5-4-12-2-1-6(5)10-11-7/h3H,1-2,4,8H2,(H,9,11). The quantitative estimate of drug-likeness (QED) is 0.490. The summed E-state index contributed by atoms with van der Waals surface area (Å²) in [6.07, 6.45) is 1.03. The monoisotopic (exact) mass is 182 g/mol. The molecule has 1 aromatic heterocycles. The van der Waals surface area contributed by atoms with Gasteiger partial charge >= 0.3 is 0 Å². The van der Waals surface area contributed by atoms with Crippen molar-refractivity contribution in [2.45, 2.75) is 12.2 Å². The van der Waals surface area contributed by atoms with Crippen molar-refractivity contribution in [2.24, 2.45) is 5.84 Å². The second-order valence-electron chi connectivity index (χ2n) is 2.65. The fourth-order valence-electron chi connectivity index (χ4n) is 1.21. The molecule has 0 amide bonds. The number of thioether (sulfide) groups is 1. The van der Waals surface area contributed by atoms with Crippen molar-refractivity contribution >= 4 is 17.6 Å². The maximum Gasteiger partial charge on any atom is 0.162 e. The number of nitrogens with one attached hydrogen (secondary N) is 1. The molecule has 3 N–H and O–H groups in total. The smallest absolute Gasteiger partial charge is 0.162 e. The number of hydrogen-bond acceptors (Lipinski definition) is 5. The van der Waals surface area contributed by atoms with E-state index in [0.29, 0.717) is 5.82 Å². The summed E-state index contributed by atoms with van der Waals surface area (Å²) in [7, 11) is 0. The number of hydrazine groups is 1. The number of aryl methyl sites for hydroxylation is 1. The number of nitrogen functional groups attached to an aromatic ring is 1. The Morgan fingerprint density at radius 3 is 3.25 bits per heavy atom. The molecule has 1 aliphatic heterocycles. The molecule has 0 saturated carbocycles. The van der Waals surface area contributed by atoms with Crippen molar-refractivity contribution in [3.8, 4) is 0 Å². The SMILES string of the molecule is NNc1cc2c(nn1)CCSC2. The van der Waals surface area contributed by atoms with E-state index in [9.17, 15) is 0 Å². The van der Waals surface area contributed by atoms with Crippen molar-refractivity contribution in [2.75, 3.05) is 11.2 Å². The number of nitrogens with zero attached hydrogens (tertiary/aromatic N) is 2. The molecule has 0 aliphatic carbocycles. The number of hydrogen-bond donors (Lipinski definition) is 2. The average Bonchev–Trinajstić information content (AvgIpc) is 2.17. The maximum absolute atomic E-state index is 5.22. The summed E-state index contributed by atoms with van der Waals surface area (Å²) in [5, 5.41) is 8.00. The van der Waals surface area contributed by atoms with E-state index >= 15 is 0 Å². The third-order valence-electron chi connectivity index (χ3n) is 1.85. The summed E-state index contributed by atoms with van der Waals surface area (Å²) in [5.74, 6) is 8.05. The Morgan fingerprint density at radius 1 is 1.50 bits per heavy atom. The van der Waals surface area contributed by atoms with Crippen LogP contribution >= 0.6 is 11.8 Å². The van der Waals surface area contributed by atoms with E-state index in [4.69, 9.17) is 5.84 Å². The van der Waals surface area contributed by atoms with Crippen LogP contribution in [-0.2, 0) is 12.2 Å². The Hall–Kier alpha value is -0.810. The van der Waals surface area contributed by atoms with Crippen LogP contribution in [-0.4, -0.2) is 16.0 Å². The summed E-state index contributed by atoms with van der Waals surface area (Å²) in [5.41, 5.74) is 4.87. The number of rotatable bonds is 1. The third kappa shape index (κ3) is 1.37. The first-order valence-corrected chi connectivity index (χ1v) is 4.95. The number of aromatic nitrogens is 2. The van der Waals surface area contributed by atoms with Crippen LogP contribution in [0, 0.1) is 0 Å². The van der Waals surface area contributed by atoms with Crippen LogP contribution < -0.4 is 11.3 Å². The van der Waals surface area contributed by atoms with Gasteiger partial charge in [-0.1, -0.05) is 0 Å². The van der Waals surface area contributed by atoms with Crippen molar-refractivity contribution in [3.05, 3.63) is 17.3 Å². The molecule has 0 fully saturated rings. The first kappa shape index (κ1) is 7.82. The summed E-state index contributed by atoms with van der Waals surface area (Å²) < 4.78 is 0. The van der Waals surface area contributed by atoms with Crippen molar-refractivity contribution in [1.29, 1.82) is 0 Å². The predicted octanol–water partition coefficient (Wildman–Crippen LogP) is 0.551. The lowest BCUT2D eigenvalue weighted by molar-refractivity contribution is 0.891. The van der Waals surface area contributed by atoms with Crippen molar-refractivity contribution in [3.63, 3.8) is 0 Å². The van der Waals surface area contributed by atoms with Crippen molar-refractivity contribution < 1.29 is 0 Å². The van der Waals surface area contributed by atoms with Gasteiger partial charge in [0.05, 0.1) is 5.69 Å². The number of fused-ring (bicyclic) bond motifs is 1. The van der Waals surface area contributed by atoms with Gasteiger partial charge in [-0.15, -0.1) is 5.10 Å². The fourth-order valence-corrected chi connectivity index (χ4v) is 2.16. The van der Waals surface area contributed by atoms with E-state index in [0.717, 1.165) is 23.6 Å². The molecule has 0 unspecified atom stereocenters. The average molecular weight is 182 g/mol. The molecule has 12 heavy (non-hydrogen) atoms. The summed E-state index contributed by atoms with van der Waals surface area (Å²) in [4.78, 5) is 0. The van der Waals surface area contributed by atoms with E-state index in [1.54, 1.807) is 0 Å². The topological polar surface area (TPSA) is 63.8 Å². The highest BCUT2D eigenvalue weighted by atomic mass is 32.2.